The lowest BCUT2D eigenvalue weighted by Crippen LogP contribution is -2.39. The Morgan fingerprint density at radius 3 is 2.86 bits per heavy atom. The highest BCUT2D eigenvalue weighted by molar-refractivity contribution is 5.78. The molecular formula is C17H26N2O3. The number of furan rings is 1. The summed E-state index contributed by atoms with van der Waals surface area (Å²) in [6.07, 6.45) is 3.60. The van der Waals surface area contributed by atoms with E-state index in [0.717, 1.165) is 24.0 Å². The number of amides is 1. The van der Waals surface area contributed by atoms with E-state index < -0.39 is 0 Å². The van der Waals surface area contributed by atoms with Gasteiger partial charge in [0.05, 0.1) is 19.7 Å². The molecule has 0 spiro atoms. The summed E-state index contributed by atoms with van der Waals surface area (Å²) in [5.74, 6) is 3.52. The number of methoxy groups -OCH3 is 1. The molecule has 2 saturated carbocycles. The van der Waals surface area contributed by atoms with Crippen molar-refractivity contribution in [2.75, 3.05) is 26.8 Å². The van der Waals surface area contributed by atoms with Crippen molar-refractivity contribution in [3.05, 3.63) is 23.7 Å². The molecule has 5 heteroatoms. The lowest BCUT2D eigenvalue weighted by atomic mass is 10.3. The van der Waals surface area contributed by atoms with Crippen LogP contribution in [0.5, 0.6) is 0 Å². The van der Waals surface area contributed by atoms with Crippen LogP contribution >= 0.6 is 0 Å². The highest BCUT2D eigenvalue weighted by Crippen LogP contribution is 2.47. The topological polar surface area (TPSA) is 54.7 Å². The van der Waals surface area contributed by atoms with Gasteiger partial charge in [0.2, 0.25) is 5.91 Å². The maximum absolute atomic E-state index is 12.0. The monoisotopic (exact) mass is 306 g/mol. The van der Waals surface area contributed by atoms with Crippen molar-refractivity contribution < 1.29 is 13.9 Å². The largest absolute Gasteiger partial charge is 0.464 e. The molecule has 1 aromatic heterocycles. The van der Waals surface area contributed by atoms with Crippen molar-refractivity contribution in [2.24, 2.45) is 5.92 Å². The summed E-state index contributed by atoms with van der Waals surface area (Å²) in [7, 11) is 1.64. The zero-order chi connectivity index (χ0) is 15.5. The maximum Gasteiger partial charge on any atom is 0.234 e. The quantitative estimate of drug-likeness (QED) is 0.710. The van der Waals surface area contributed by atoms with Gasteiger partial charge in [-0.25, -0.2) is 0 Å². The molecule has 5 nitrogen and oxygen atoms in total. The van der Waals surface area contributed by atoms with Gasteiger partial charge in [-0.3, -0.25) is 9.69 Å². The Hall–Kier alpha value is -1.33. The normalized spacial score (nSPS) is 23.8. The minimum Gasteiger partial charge on any atom is -0.464 e. The standard InChI is InChI=1S/C17H26N2O3/c1-12-9-15(12)16-6-5-14(22-16)10-19(13-3-4-13)11-17(20)18-7-8-21-2/h5-6,12-13,15H,3-4,7-11H2,1-2H3,(H,18,20). The van der Waals surface area contributed by atoms with Crippen LogP contribution in [0.3, 0.4) is 0 Å². The van der Waals surface area contributed by atoms with E-state index >= 15 is 0 Å². The number of rotatable bonds is 9. The van der Waals surface area contributed by atoms with Crippen LogP contribution in [0.2, 0.25) is 0 Å². The second-order valence-corrected chi connectivity index (χ2v) is 6.60. The van der Waals surface area contributed by atoms with Gasteiger partial charge in [-0.1, -0.05) is 6.92 Å². The molecule has 122 valence electrons. The Labute approximate surface area is 132 Å². The third kappa shape index (κ3) is 4.11. The van der Waals surface area contributed by atoms with Gasteiger partial charge in [-0.2, -0.15) is 0 Å². The number of hydrogen-bond acceptors (Lipinski definition) is 4. The maximum atomic E-state index is 12.0. The zero-order valence-electron chi connectivity index (χ0n) is 13.5. The van der Waals surface area contributed by atoms with E-state index in [2.05, 4.69) is 29.3 Å². The van der Waals surface area contributed by atoms with Gasteiger partial charge in [-0.15, -0.1) is 0 Å². The molecule has 2 unspecified atom stereocenters. The van der Waals surface area contributed by atoms with E-state index in [9.17, 15) is 4.79 Å². The predicted octanol–water partition coefficient (Wildman–Crippen LogP) is 2.13. The molecule has 22 heavy (non-hydrogen) atoms. The second-order valence-electron chi connectivity index (χ2n) is 6.60. The average molecular weight is 306 g/mol. The average Bonchev–Trinajstić information content (AvgIpc) is 3.40. The van der Waals surface area contributed by atoms with E-state index in [1.807, 2.05) is 0 Å². The minimum absolute atomic E-state index is 0.0616. The van der Waals surface area contributed by atoms with Gasteiger partial charge >= 0.3 is 0 Å². The van der Waals surface area contributed by atoms with Gasteiger partial charge in [-0.05, 0) is 37.3 Å². The molecule has 0 saturated heterocycles. The zero-order valence-corrected chi connectivity index (χ0v) is 13.5. The van der Waals surface area contributed by atoms with E-state index in [1.165, 1.54) is 19.3 Å². The lowest BCUT2D eigenvalue weighted by molar-refractivity contribution is -0.122. The summed E-state index contributed by atoms with van der Waals surface area (Å²) in [5, 5.41) is 2.89. The summed E-state index contributed by atoms with van der Waals surface area (Å²) in [5.41, 5.74) is 0. The summed E-state index contributed by atoms with van der Waals surface area (Å²) in [6, 6.07) is 4.70. The number of carbonyl (C=O) groups is 1. The fraction of sp³-hybridized carbons (Fsp3) is 0.706. The highest BCUT2D eigenvalue weighted by Gasteiger charge is 2.37. The Morgan fingerprint density at radius 2 is 2.23 bits per heavy atom. The first-order valence-corrected chi connectivity index (χ1v) is 8.25. The molecular weight excluding hydrogens is 280 g/mol. The SMILES string of the molecule is COCCNC(=O)CN(Cc1ccc(C2CC2C)o1)C1CC1. The first kappa shape index (κ1) is 15.6. The van der Waals surface area contributed by atoms with Crippen molar-refractivity contribution >= 4 is 5.91 Å². The number of carbonyl (C=O) groups excluding carboxylic acids is 1. The van der Waals surface area contributed by atoms with Crippen LogP contribution in [0.25, 0.3) is 0 Å². The van der Waals surface area contributed by atoms with E-state index in [0.29, 0.717) is 31.7 Å². The van der Waals surface area contributed by atoms with Crippen LogP contribution in [0.1, 0.15) is 43.6 Å². The Kier molecular flexibility index (Phi) is 4.84. The third-order valence-electron chi connectivity index (χ3n) is 4.55. The Balaban J connectivity index is 1.51. The van der Waals surface area contributed by atoms with Gasteiger partial charge < -0.3 is 14.5 Å². The van der Waals surface area contributed by atoms with Crippen LogP contribution in [0, 0.1) is 5.92 Å². The van der Waals surface area contributed by atoms with Crippen molar-refractivity contribution in [3.63, 3.8) is 0 Å². The summed E-state index contributed by atoms with van der Waals surface area (Å²) >= 11 is 0. The number of nitrogens with one attached hydrogen (secondary N) is 1. The summed E-state index contributed by atoms with van der Waals surface area (Å²) in [4.78, 5) is 14.2. The van der Waals surface area contributed by atoms with Crippen LogP contribution < -0.4 is 5.32 Å². The van der Waals surface area contributed by atoms with Crippen LogP contribution in [-0.4, -0.2) is 43.7 Å². The smallest absolute Gasteiger partial charge is 0.234 e. The highest BCUT2D eigenvalue weighted by atomic mass is 16.5. The molecule has 2 atom stereocenters. The second kappa shape index (κ2) is 6.84. The van der Waals surface area contributed by atoms with Gasteiger partial charge in [0, 0.05) is 25.6 Å². The van der Waals surface area contributed by atoms with Crippen molar-refractivity contribution in [1.29, 1.82) is 0 Å². The predicted molar refractivity (Wildman–Crippen MR) is 83.5 cm³/mol. The van der Waals surface area contributed by atoms with Crippen molar-refractivity contribution in [2.45, 2.75) is 44.7 Å². The molecule has 2 fully saturated rings. The van der Waals surface area contributed by atoms with Crippen LogP contribution in [0.4, 0.5) is 0 Å². The number of hydrogen-bond donors (Lipinski definition) is 1. The van der Waals surface area contributed by atoms with Crippen molar-refractivity contribution in [3.8, 4) is 0 Å². The molecule has 1 amide bonds. The Morgan fingerprint density at radius 1 is 1.45 bits per heavy atom. The van der Waals surface area contributed by atoms with Gasteiger partial charge in [0.1, 0.15) is 11.5 Å². The molecule has 1 aromatic rings. The van der Waals surface area contributed by atoms with Crippen molar-refractivity contribution in [1.82, 2.24) is 10.2 Å². The Bertz CT molecular complexity index is 510. The molecule has 0 aliphatic heterocycles. The van der Waals surface area contributed by atoms with Gasteiger partial charge in [0.25, 0.3) is 0 Å². The molecule has 1 heterocycles. The van der Waals surface area contributed by atoms with E-state index in [-0.39, 0.29) is 5.91 Å². The first-order valence-electron chi connectivity index (χ1n) is 8.25. The van der Waals surface area contributed by atoms with E-state index in [1.54, 1.807) is 7.11 Å². The number of nitrogens with zero attached hydrogens (tertiary/aromatic N) is 1. The fourth-order valence-corrected chi connectivity index (χ4v) is 2.88. The molecule has 0 aromatic carbocycles. The lowest BCUT2D eigenvalue weighted by Gasteiger charge is -2.20. The molecule has 3 rings (SSSR count). The molecule has 2 aliphatic rings. The van der Waals surface area contributed by atoms with Crippen LogP contribution in [-0.2, 0) is 16.1 Å². The number of ether oxygens (including phenoxy) is 1. The van der Waals surface area contributed by atoms with Crippen LogP contribution in [0.15, 0.2) is 16.5 Å². The summed E-state index contributed by atoms with van der Waals surface area (Å²) in [6.45, 7) is 4.54. The fourth-order valence-electron chi connectivity index (χ4n) is 2.88. The first-order chi connectivity index (χ1) is 10.7. The van der Waals surface area contributed by atoms with E-state index in [4.69, 9.17) is 9.15 Å². The summed E-state index contributed by atoms with van der Waals surface area (Å²) < 4.78 is 10.9. The molecule has 1 N–H and O–H groups in total. The minimum atomic E-state index is 0.0616. The molecule has 0 radical (unpaired) electrons. The van der Waals surface area contributed by atoms with Gasteiger partial charge in [0.15, 0.2) is 0 Å². The third-order valence-corrected chi connectivity index (χ3v) is 4.55. The molecule has 0 bridgehead atoms. The molecule has 2 aliphatic carbocycles.